The molecule has 3 aromatic heterocycles. The fraction of sp³-hybridized carbons (Fsp3) is 0.190. The van der Waals surface area contributed by atoms with E-state index in [9.17, 15) is 4.79 Å². The highest BCUT2D eigenvalue weighted by atomic mass is 35.5. The van der Waals surface area contributed by atoms with Crippen molar-refractivity contribution in [3.8, 4) is 5.69 Å². The average molecular weight is 420 g/mol. The monoisotopic (exact) mass is 419 g/mol. The summed E-state index contributed by atoms with van der Waals surface area (Å²) in [6.07, 6.45) is 4.13. The molecule has 5 rings (SSSR count). The Morgan fingerprint density at radius 2 is 1.93 bits per heavy atom. The van der Waals surface area contributed by atoms with Gasteiger partial charge in [-0.05, 0) is 49.4 Å². The van der Waals surface area contributed by atoms with Crippen LogP contribution in [0.5, 0.6) is 0 Å². The molecule has 1 aliphatic rings. The molecule has 0 saturated carbocycles. The SMILES string of the molecule is O=C(c1ccccc1-n1nnc2cccnc21)N(c1ncccc1Cl)C1CCNC1. The Bertz CT molecular complexity index is 1220. The van der Waals surface area contributed by atoms with Crippen LogP contribution >= 0.6 is 11.6 Å². The highest BCUT2D eigenvalue weighted by Crippen LogP contribution is 2.29. The Kier molecular flexibility index (Phi) is 4.86. The van der Waals surface area contributed by atoms with Crippen LogP contribution in [0.25, 0.3) is 16.9 Å². The summed E-state index contributed by atoms with van der Waals surface area (Å²) in [4.78, 5) is 24.3. The molecule has 9 heteroatoms. The molecule has 4 heterocycles. The second-order valence-corrected chi connectivity index (χ2v) is 7.40. The molecule has 1 unspecified atom stereocenters. The number of amides is 1. The summed E-state index contributed by atoms with van der Waals surface area (Å²) < 4.78 is 1.59. The van der Waals surface area contributed by atoms with Crippen LogP contribution < -0.4 is 10.2 Å². The zero-order valence-electron chi connectivity index (χ0n) is 15.9. The fourth-order valence-corrected chi connectivity index (χ4v) is 3.96. The maximum Gasteiger partial charge on any atom is 0.261 e. The lowest BCUT2D eigenvalue weighted by atomic mass is 10.1. The van der Waals surface area contributed by atoms with Gasteiger partial charge in [0.2, 0.25) is 0 Å². The minimum Gasteiger partial charge on any atom is -0.315 e. The lowest BCUT2D eigenvalue weighted by Gasteiger charge is -2.29. The number of carbonyl (C=O) groups excluding carboxylic acids is 1. The van der Waals surface area contributed by atoms with E-state index < -0.39 is 0 Å². The van der Waals surface area contributed by atoms with Crippen LogP contribution in [0.1, 0.15) is 16.8 Å². The summed E-state index contributed by atoms with van der Waals surface area (Å²) in [5, 5.41) is 12.2. The molecule has 0 spiro atoms. The summed E-state index contributed by atoms with van der Waals surface area (Å²) in [6, 6.07) is 14.4. The van der Waals surface area contributed by atoms with E-state index in [0.717, 1.165) is 13.0 Å². The molecule has 1 aromatic carbocycles. The van der Waals surface area contributed by atoms with Gasteiger partial charge < -0.3 is 5.32 Å². The molecule has 30 heavy (non-hydrogen) atoms. The van der Waals surface area contributed by atoms with Crippen molar-refractivity contribution in [3.63, 3.8) is 0 Å². The quantitative estimate of drug-likeness (QED) is 0.547. The maximum atomic E-state index is 13.9. The molecule has 150 valence electrons. The Labute approximate surface area is 177 Å². The van der Waals surface area contributed by atoms with Crippen molar-refractivity contribution in [2.24, 2.45) is 0 Å². The average Bonchev–Trinajstić information content (AvgIpc) is 3.45. The van der Waals surface area contributed by atoms with E-state index in [0.29, 0.717) is 39.8 Å². The van der Waals surface area contributed by atoms with E-state index in [-0.39, 0.29) is 11.9 Å². The molecule has 0 bridgehead atoms. The van der Waals surface area contributed by atoms with Gasteiger partial charge in [-0.1, -0.05) is 28.9 Å². The van der Waals surface area contributed by atoms with Gasteiger partial charge in [-0.2, -0.15) is 4.68 Å². The summed E-state index contributed by atoms with van der Waals surface area (Å²) in [5.41, 5.74) is 2.32. The van der Waals surface area contributed by atoms with Gasteiger partial charge in [0, 0.05) is 18.9 Å². The normalized spacial score (nSPS) is 16.1. The molecule has 1 fully saturated rings. The lowest BCUT2D eigenvalue weighted by molar-refractivity contribution is 0.0977. The number of halogens is 1. The van der Waals surface area contributed by atoms with Crippen LogP contribution in [-0.4, -0.2) is 50.0 Å². The number of pyridine rings is 2. The number of nitrogens with one attached hydrogen (secondary N) is 1. The zero-order valence-corrected chi connectivity index (χ0v) is 16.7. The summed E-state index contributed by atoms with van der Waals surface area (Å²) >= 11 is 6.43. The van der Waals surface area contributed by atoms with Gasteiger partial charge in [0.1, 0.15) is 5.52 Å². The minimum atomic E-state index is -0.195. The Hall–Kier alpha value is -3.36. The van der Waals surface area contributed by atoms with Crippen LogP contribution in [-0.2, 0) is 0 Å². The standard InChI is InChI=1S/C21H18ClN7O/c22-16-6-3-10-24-19(16)28(14-9-12-23-13-14)21(30)15-5-1-2-8-18(15)29-20-17(26-27-29)7-4-11-25-20/h1-8,10-11,14,23H,9,12-13H2. The van der Waals surface area contributed by atoms with Gasteiger partial charge in [-0.15, -0.1) is 5.10 Å². The van der Waals surface area contributed by atoms with Crippen LogP contribution in [0.2, 0.25) is 5.02 Å². The molecule has 0 radical (unpaired) electrons. The van der Waals surface area contributed by atoms with Gasteiger partial charge in [-0.25, -0.2) is 9.97 Å². The van der Waals surface area contributed by atoms with Crippen molar-refractivity contribution < 1.29 is 4.79 Å². The number of carbonyl (C=O) groups is 1. The largest absolute Gasteiger partial charge is 0.315 e. The Morgan fingerprint density at radius 1 is 1.10 bits per heavy atom. The Morgan fingerprint density at radius 3 is 2.77 bits per heavy atom. The number of aromatic nitrogens is 5. The lowest BCUT2D eigenvalue weighted by Crippen LogP contribution is -2.43. The number of hydrogen-bond acceptors (Lipinski definition) is 6. The summed E-state index contributed by atoms with van der Waals surface area (Å²) in [7, 11) is 0. The Balaban J connectivity index is 1.64. The predicted molar refractivity (Wildman–Crippen MR) is 114 cm³/mol. The molecule has 1 saturated heterocycles. The molecule has 0 aliphatic carbocycles. The van der Waals surface area contributed by atoms with E-state index in [1.54, 1.807) is 46.2 Å². The second-order valence-electron chi connectivity index (χ2n) is 7.00. The predicted octanol–water partition coefficient (Wildman–Crippen LogP) is 2.87. The molecule has 1 amide bonds. The number of hydrogen-bond donors (Lipinski definition) is 1. The van der Waals surface area contributed by atoms with Gasteiger partial charge in [0.05, 0.1) is 22.3 Å². The molecular formula is C21H18ClN7O. The van der Waals surface area contributed by atoms with Gasteiger partial charge >= 0.3 is 0 Å². The van der Waals surface area contributed by atoms with Crippen molar-refractivity contribution in [1.82, 2.24) is 30.3 Å². The van der Waals surface area contributed by atoms with Crippen molar-refractivity contribution in [2.45, 2.75) is 12.5 Å². The topological polar surface area (TPSA) is 88.8 Å². The third-order valence-electron chi connectivity index (χ3n) is 5.16. The summed E-state index contributed by atoms with van der Waals surface area (Å²) in [5.74, 6) is 0.258. The number of nitrogens with zero attached hydrogens (tertiary/aromatic N) is 6. The molecule has 1 N–H and O–H groups in total. The molecule has 1 aliphatic heterocycles. The molecular weight excluding hydrogens is 402 g/mol. The molecule has 8 nitrogen and oxygen atoms in total. The first kappa shape index (κ1) is 18.7. The molecule has 4 aromatic rings. The van der Waals surface area contributed by atoms with Crippen LogP contribution in [0.4, 0.5) is 5.82 Å². The third kappa shape index (κ3) is 3.20. The van der Waals surface area contributed by atoms with E-state index in [2.05, 4.69) is 25.6 Å². The molecule has 1 atom stereocenters. The number of rotatable bonds is 4. The smallest absolute Gasteiger partial charge is 0.261 e. The number of para-hydroxylation sites is 1. The van der Waals surface area contributed by atoms with Crippen LogP contribution in [0.15, 0.2) is 60.9 Å². The number of benzene rings is 1. The minimum absolute atomic E-state index is 0.0522. The highest BCUT2D eigenvalue weighted by Gasteiger charge is 2.32. The van der Waals surface area contributed by atoms with E-state index in [4.69, 9.17) is 11.6 Å². The summed E-state index contributed by atoms with van der Waals surface area (Å²) in [6.45, 7) is 1.51. The van der Waals surface area contributed by atoms with E-state index in [1.807, 2.05) is 24.3 Å². The van der Waals surface area contributed by atoms with Crippen molar-refractivity contribution in [3.05, 3.63) is 71.5 Å². The second kappa shape index (κ2) is 7.81. The van der Waals surface area contributed by atoms with Crippen molar-refractivity contribution in [2.75, 3.05) is 18.0 Å². The first-order valence-electron chi connectivity index (χ1n) is 9.64. The van der Waals surface area contributed by atoms with Crippen molar-refractivity contribution in [1.29, 1.82) is 0 Å². The number of anilines is 1. The fourth-order valence-electron chi connectivity index (χ4n) is 3.75. The van der Waals surface area contributed by atoms with E-state index in [1.165, 1.54) is 0 Å². The van der Waals surface area contributed by atoms with E-state index >= 15 is 0 Å². The maximum absolute atomic E-state index is 13.9. The van der Waals surface area contributed by atoms with Gasteiger partial charge in [-0.3, -0.25) is 9.69 Å². The first-order chi connectivity index (χ1) is 14.7. The zero-order chi connectivity index (χ0) is 20.5. The van der Waals surface area contributed by atoms with Crippen molar-refractivity contribution >= 4 is 34.5 Å². The number of fused-ring (bicyclic) bond motifs is 1. The van der Waals surface area contributed by atoms with Gasteiger partial charge in [0.15, 0.2) is 11.5 Å². The first-order valence-corrected chi connectivity index (χ1v) is 10.0. The van der Waals surface area contributed by atoms with Crippen LogP contribution in [0, 0.1) is 0 Å². The highest BCUT2D eigenvalue weighted by molar-refractivity contribution is 6.33. The third-order valence-corrected chi connectivity index (χ3v) is 5.45. The van der Waals surface area contributed by atoms with Gasteiger partial charge in [0.25, 0.3) is 5.91 Å². The van der Waals surface area contributed by atoms with Crippen LogP contribution in [0.3, 0.4) is 0 Å².